The van der Waals surface area contributed by atoms with E-state index in [1.807, 2.05) is 54.6 Å². The Morgan fingerprint density at radius 2 is 1.72 bits per heavy atom. The monoisotopic (exact) mass is 394 g/mol. The van der Waals surface area contributed by atoms with E-state index in [0.29, 0.717) is 43.3 Å². The Morgan fingerprint density at radius 1 is 1.03 bits per heavy atom. The number of carbonyl (C=O) groups excluding carboxylic acids is 1. The first kappa shape index (κ1) is 19.8. The molecule has 5 nitrogen and oxygen atoms in total. The van der Waals surface area contributed by atoms with Crippen molar-refractivity contribution in [3.05, 3.63) is 54.6 Å². The second-order valence-electron chi connectivity index (χ2n) is 8.44. The molecule has 1 saturated carbocycles. The van der Waals surface area contributed by atoms with Crippen molar-refractivity contribution in [3.63, 3.8) is 0 Å². The Morgan fingerprint density at radius 3 is 2.45 bits per heavy atom. The summed E-state index contributed by atoms with van der Waals surface area (Å²) in [6.45, 7) is 1.19. The molecule has 2 aromatic carbocycles. The summed E-state index contributed by atoms with van der Waals surface area (Å²) in [5.74, 6) is 2.10. The third kappa shape index (κ3) is 5.30. The van der Waals surface area contributed by atoms with Crippen LogP contribution in [-0.4, -0.2) is 34.7 Å². The number of carbonyl (C=O) groups is 1. The van der Waals surface area contributed by atoms with Gasteiger partial charge in [0.25, 0.3) is 0 Å². The van der Waals surface area contributed by atoms with Crippen molar-refractivity contribution >= 4 is 11.7 Å². The highest BCUT2D eigenvalue weighted by Gasteiger charge is 2.36. The van der Waals surface area contributed by atoms with Gasteiger partial charge in [0.15, 0.2) is 0 Å². The van der Waals surface area contributed by atoms with Gasteiger partial charge in [0.2, 0.25) is 0 Å². The first-order valence-electron chi connectivity index (χ1n) is 10.7. The molecule has 4 rings (SSSR count). The van der Waals surface area contributed by atoms with Crippen LogP contribution in [0.2, 0.25) is 0 Å². The van der Waals surface area contributed by atoms with Gasteiger partial charge in [-0.25, -0.2) is 4.79 Å². The van der Waals surface area contributed by atoms with Crippen LogP contribution in [0, 0.1) is 5.92 Å². The molecular weight excluding hydrogens is 364 g/mol. The second-order valence-corrected chi connectivity index (χ2v) is 8.44. The van der Waals surface area contributed by atoms with Crippen LogP contribution in [0.15, 0.2) is 54.6 Å². The number of anilines is 1. The normalized spacial score (nSPS) is 19.1. The Kier molecular flexibility index (Phi) is 6.05. The van der Waals surface area contributed by atoms with Crippen LogP contribution in [0.3, 0.4) is 0 Å². The summed E-state index contributed by atoms with van der Waals surface area (Å²) in [6.07, 6.45) is 7.29. The highest BCUT2D eigenvalue weighted by atomic mass is 16.5. The predicted molar refractivity (Wildman–Crippen MR) is 114 cm³/mol. The molecule has 2 aromatic rings. The number of amides is 2. The van der Waals surface area contributed by atoms with Gasteiger partial charge >= 0.3 is 6.03 Å². The molecular formula is C24H30N2O3. The molecule has 0 spiro atoms. The molecule has 154 valence electrons. The van der Waals surface area contributed by atoms with Gasteiger partial charge in [0.05, 0.1) is 5.60 Å². The van der Waals surface area contributed by atoms with Crippen LogP contribution in [0.25, 0.3) is 0 Å². The smallest absolute Gasteiger partial charge is 0.321 e. The summed E-state index contributed by atoms with van der Waals surface area (Å²) < 4.78 is 5.84. The molecule has 1 aliphatic carbocycles. The lowest BCUT2D eigenvalue weighted by atomic mass is 9.82. The number of ether oxygens (including phenoxy) is 1. The Labute approximate surface area is 172 Å². The number of para-hydroxylation sites is 1. The lowest BCUT2D eigenvalue weighted by Crippen LogP contribution is -2.48. The number of benzene rings is 2. The van der Waals surface area contributed by atoms with E-state index in [0.717, 1.165) is 12.2 Å². The number of aliphatic hydroxyl groups is 1. The minimum absolute atomic E-state index is 0.121. The van der Waals surface area contributed by atoms with E-state index in [9.17, 15) is 9.90 Å². The number of piperidine rings is 1. The SMILES string of the molecule is O=C(Nc1cccc(Oc2ccccc2)c1)N1CCC(O)(CC2CCCC2)CC1. The first-order chi connectivity index (χ1) is 14.1. The summed E-state index contributed by atoms with van der Waals surface area (Å²) in [6, 6.07) is 16.9. The largest absolute Gasteiger partial charge is 0.457 e. The van der Waals surface area contributed by atoms with E-state index in [4.69, 9.17) is 4.74 Å². The molecule has 2 N–H and O–H groups in total. The van der Waals surface area contributed by atoms with Gasteiger partial charge in [0.1, 0.15) is 11.5 Å². The zero-order valence-electron chi connectivity index (χ0n) is 16.8. The number of hydrogen-bond acceptors (Lipinski definition) is 3. The maximum Gasteiger partial charge on any atom is 0.321 e. The van der Waals surface area contributed by atoms with Crippen LogP contribution in [0.5, 0.6) is 11.5 Å². The number of nitrogens with one attached hydrogen (secondary N) is 1. The molecule has 5 heteroatoms. The van der Waals surface area contributed by atoms with Crippen molar-refractivity contribution in [1.82, 2.24) is 4.90 Å². The van der Waals surface area contributed by atoms with Crippen molar-refractivity contribution in [2.24, 2.45) is 5.92 Å². The minimum Gasteiger partial charge on any atom is -0.457 e. The maximum atomic E-state index is 12.7. The molecule has 2 fully saturated rings. The summed E-state index contributed by atoms with van der Waals surface area (Å²) in [5.41, 5.74) is 0.102. The number of likely N-dealkylation sites (tertiary alicyclic amines) is 1. The van der Waals surface area contributed by atoms with Gasteiger partial charge in [-0.15, -0.1) is 0 Å². The molecule has 0 bridgehead atoms. The van der Waals surface area contributed by atoms with Gasteiger partial charge < -0.3 is 20.1 Å². The van der Waals surface area contributed by atoms with Crippen LogP contribution >= 0.6 is 0 Å². The van der Waals surface area contributed by atoms with E-state index in [2.05, 4.69) is 5.32 Å². The minimum atomic E-state index is -0.602. The molecule has 0 aromatic heterocycles. The summed E-state index contributed by atoms with van der Waals surface area (Å²) in [4.78, 5) is 14.5. The van der Waals surface area contributed by atoms with Gasteiger partial charge in [0, 0.05) is 24.8 Å². The third-order valence-electron chi connectivity index (χ3n) is 6.19. The van der Waals surface area contributed by atoms with E-state index < -0.39 is 5.60 Å². The number of urea groups is 1. The van der Waals surface area contributed by atoms with Gasteiger partial charge in [-0.1, -0.05) is 49.9 Å². The number of nitrogens with zero attached hydrogens (tertiary/aromatic N) is 1. The van der Waals surface area contributed by atoms with Gasteiger partial charge in [-0.3, -0.25) is 0 Å². The lowest BCUT2D eigenvalue weighted by Gasteiger charge is -2.39. The van der Waals surface area contributed by atoms with Crippen molar-refractivity contribution < 1.29 is 14.6 Å². The zero-order chi connectivity index (χ0) is 20.1. The van der Waals surface area contributed by atoms with Crippen molar-refractivity contribution in [3.8, 4) is 11.5 Å². The first-order valence-corrected chi connectivity index (χ1v) is 10.7. The average molecular weight is 395 g/mol. The molecule has 2 aliphatic rings. The van der Waals surface area contributed by atoms with E-state index in [-0.39, 0.29) is 6.03 Å². The Bertz CT molecular complexity index is 810. The third-order valence-corrected chi connectivity index (χ3v) is 6.19. The Hall–Kier alpha value is -2.53. The highest BCUT2D eigenvalue weighted by molar-refractivity contribution is 5.89. The molecule has 1 heterocycles. The van der Waals surface area contributed by atoms with E-state index >= 15 is 0 Å². The lowest BCUT2D eigenvalue weighted by molar-refractivity contribution is -0.0295. The van der Waals surface area contributed by atoms with Crippen LogP contribution in [0.4, 0.5) is 10.5 Å². The van der Waals surface area contributed by atoms with Gasteiger partial charge in [-0.2, -0.15) is 0 Å². The Balaban J connectivity index is 1.30. The molecule has 0 atom stereocenters. The van der Waals surface area contributed by atoms with Crippen LogP contribution in [0.1, 0.15) is 44.9 Å². The van der Waals surface area contributed by atoms with Crippen LogP contribution < -0.4 is 10.1 Å². The molecule has 1 saturated heterocycles. The summed E-state index contributed by atoms with van der Waals surface area (Å²) in [5, 5.41) is 13.9. The van der Waals surface area contributed by atoms with Crippen molar-refractivity contribution in [2.45, 2.75) is 50.5 Å². The van der Waals surface area contributed by atoms with Crippen molar-refractivity contribution in [2.75, 3.05) is 18.4 Å². The molecule has 29 heavy (non-hydrogen) atoms. The van der Waals surface area contributed by atoms with Crippen molar-refractivity contribution in [1.29, 1.82) is 0 Å². The number of rotatable bonds is 5. The quantitative estimate of drug-likeness (QED) is 0.712. The molecule has 2 amide bonds. The maximum absolute atomic E-state index is 12.7. The highest BCUT2D eigenvalue weighted by Crippen LogP contribution is 2.36. The molecule has 0 radical (unpaired) electrons. The average Bonchev–Trinajstić information content (AvgIpc) is 3.22. The van der Waals surface area contributed by atoms with Crippen LogP contribution in [-0.2, 0) is 0 Å². The fraction of sp³-hybridized carbons (Fsp3) is 0.458. The second kappa shape index (κ2) is 8.87. The topological polar surface area (TPSA) is 61.8 Å². The standard InChI is InChI=1S/C24H30N2O3/c27-23(26-15-13-24(28,14-16-26)18-19-7-4-5-8-19)25-20-9-6-12-22(17-20)29-21-10-2-1-3-11-21/h1-3,6,9-12,17,19,28H,4-5,7-8,13-16,18H2,(H,25,27). The van der Waals surface area contributed by atoms with Gasteiger partial charge in [-0.05, 0) is 49.4 Å². The predicted octanol–water partition coefficient (Wildman–Crippen LogP) is 5.42. The zero-order valence-corrected chi connectivity index (χ0v) is 16.8. The summed E-state index contributed by atoms with van der Waals surface area (Å²) >= 11 is 0. The number of hydrogen-bond donors (Lipinski definition) is 2. The summed E-state index contributed by atoms with van der Waals surface area (Å²) in [7, 11) is 0. The van der Waals surface area contributed by atoms with E-state index in [1.54, 1.807) is 4.90 Å². The molecule has 0 unspecified atom stereocenters. The van der Waals surface area contributed by atoms with E-state index in [1.165, 1.54) is 25.7 Å². The fourth-order valence-electron chi connectivity index (χ4n) is 4.55. The fourth-order valence-corrected chi connectivity index (χ4v) is 4.55. The molecule has 1 aliphatic heterocycles.